The molecular formula is C7H10N2O3S. The van der Waals surface area contributed by atoms with Crippen molar-refractivity contribution in [3.8, 4) is 0 Å². The first kappa shape index (κ1) is 10.1. The molecule has 6 heteroatoms. The summed E-state index contributed by atoms with van der Waals surface area (Å²) in [5.74, 6) is -0.982. The van der Waals surface area contributed by atoms with E-state index < -0.39 is 5.97 Å². The Balaban J connectivity index is 3.00. The van der Waals surface area contributed by atoms with Crippen LogP contribution in [0.2, 0.25) is 0 Å². The predicted octanol–water partition coefficient (Wildman–Crippen LogP) is 0.446. The van der Waals surface area contributed by atoms with E-state index in [1.807, 2.05) is 0 Å². The molecule has 0 fully saturated rings. The van der Waals surface area contributed by atoms with Crippen molar-refractivity contribution in [2.45, 2.75) is 13.2 Å². The topological polar surface area (TPSA) is 85.4 Å². The minimum absolute atomic E-state index is 0.206. The number of aromatic nitrogens is 1. The molecule has 0 aliphatic heterocycles. The Morgan fingerprint density at radius 1 is 1.77 bits per heavy atom. The van der Waals surface area contributed by atoms with E-state index in [9.17, 15) is 4.79 Å². The quantitative estimate of drug-likeness (QED) is 0.740. The third-order valence-electron chi connectivity index (χ3n) is 1.39. The number of carbonyl (C=O) groups is 1. The molecule has 0 aromatic carbocycles. The molecule has 0 saturated carbocycles. The van der Waals surface area contributed by atoms with Crippen molar-refractivity contribution in [3.05, 3.63) is 15.6 Å². The highest BCUT2D eigenvalue weighted by Gasteiger charge is 2.15. The lowest BCUT2D eigenvalue weighted by Crippen LogP contribution is -2.00. The monoisotopic (exact) mass is 202 g/mol. The lowest BCUT2D eigenvalue weighted by Gasteiger charge is -1.94. The van der Waals surface area contributed by atoms with Gasteiger partial charge in [-0.1, -0.05) is 0 Å². The van der Waals surface area contributed by atoms with Crippen LogP contribution in [0.3, 0.4) is 0 Å². The van der Waals surface area contributed by atoms with Gasteiger partial charge < -0.3 is 15.6 Å². The molecule has 0 bridgehead atoms. The number of carboxylic acid groups (broad SMARTS) is 1. The van der Waals surface area contributed by atoms with Crippen molar-refractivity contribution in [2.24, 2.45) is 5.73 Å². The number of hydrogen-bond donors (Lipinski definition) is 2. The zero-order chi connectivity index (χ0) is 9.84. The fourth-order valence-electron chi connectivity index (χ4n) is 0.890. The fraction of sp³-hybridized carbons (Fsp3) is 0.429. The van der Waals surface area contributed by atoms with Crippen LogP contribution in [0.15, 0.2) is 0 Å². The maximum Gasteiger partial charge on any atom is 0.347 e. The molecule has 0 atom stereocenters. The van der Waals surface area contributed by atoms with E-state index in [0.717, 1.165) is 11.3 Å². The van der Waals surface area contributed by atoms with Crippen molar-refractivity contribution in [1.29, 1.82) is 0 Å². The van der Waals surface area contributed by atoms with Crippen LogP contribution in [0.1, 0.15) is 20.4 Å². The van der Waals surface area contributed by atoms with E-state index in [1.165, 1.54) is 7.11 Å². The molecule has 0 saturated heterocycles. The molecule has 1 aromatic heterocycles. The predicted molar refractivity (Wildman–Crippen MR) is 47.7 cm³/mol. The number of aromatic carboxylic acids is 1. The van der Waals surface area contributed by atoms with E-state index in [4.69, 9.17) is 15.6 Å². The van der Waals surface area contributed by atoms with Crippen LogP contribution in [0, 0.1) is 0 Å². The van der Waals surface area contributed by atoms with Gasteiger partial charge in [-0.05, 0) is 0 Å². The number of hydrogen-bond acceptors (Lipinski definition) is 5. The molecule has 1 heterocycles. The van der Waals surface area contributed by atoms with Gasteiger partial charge >= 0.3 is 5.97 Å². The first-order valence-corrected chi connectivity index (χ1v) is 4.41. The molecule has 0 unspecified atom stereocenters. The number of nitrogens with two attached hydrogens (primary N) is 1. The van der Waals surface area contributed by atoms with Gasteiger partial charge in [0, 0.05) is 13.7 Å². The highest BCUT2D eigenvalue weighted by atomic mass is 32.1. The normalized spacial score (nSPS) is 10.3. The third kappa shape index (κ3) is 2.24. The number of thiazole rings is 1. The van der Waals surface area contributed by atoms with Crippen LogP contribution < -0.4 is 5.73 Å². The van der Waals surface area contributed by atoms with Gasteiger partial charge in [-0.2, -0.15) is 0 Å². The van der Waals surface area contributed by atoms with E-state index in [2.05, 4.69) is 4.98 Å². The van der Waals surface area contributed by atoms with Gasteiger partial charge in [0.25, 0.3) is 0 Å². The Hall–Kier alpha value is -0.980. The van der Waals surface area contributed by atoms with Crippen LogP contribution >= 0.6 is 11.3 Å². The molecular weight excluding hydrogens is 192 g/mol. The summed E-state index contributed by atoms with van der Waals surface area (Å²) in [6.45, 7) is 0.465. The van der Waals surface area contributed by atoms with E-state index in [1.54, 1.807) is 0 Å². The number of nitrogens with zero attached hydrogens (tertiary/aromatic N) is 1. The van der Waals surface area contributed by atoms with Gasteiger partial charge in [0.15, 0.2) is 0 Å². The second-order valence-corrected chi connectivity index (χ2v) is 3.41. The lowest BCUT2D eigenvalue weighted by molar-refractivity contribution is 0.0697. The maximum atomic E-state index is 10.7. The van der Waals surface area contributed by atoms with Crippen LogP contribution in [0.25, 0.3) is 0 Å². The first-order chi connectivity index (χ1) is 6.19. The van der Waals surface area contributed by atoms with E-state index in [0.29, 0.717) is 10.7 Å². The highest BCUT2D eigenvalue weighted by Crippen LogP contribution is 2.18. The Bertz CT molecular complexity index is 311. The maximum absolute atomic E-state index is 10.7. The molecule has 0 radical (unpaired) electrons. The van der Waals surface area contributed by atoms with Crippen LogP contribution in [-0.2, 0) is 17.9 Å². The van der Waals surface area contributed by atoms with Crippen molar-refractivity contribution in [1.82, 2.24) is 4.98 Å². The van der Waals surface area contributed by atoms with Gasteiger partial charge in [-0.15, -0.1) is 11.3 Å². The molecule has 0 amide bonds. The SMILES string of the molecule is COCc1nc(CN)sc1C(=O)O. The Labute approximate surface area is 79.2 Å². The second-order valence-electron chi connectivity index (χ2n) is 2.33. The average Bonchev–Trinajstić information content (AvgIpc) is 2.48. The molecule has 0 aliphatic carbocycles. The number of methoxy groups -OCH3 is 1. The summed E-state index contributed by atoms with van der Waals surface area (Å²) < 4.78 is 4.82. The van der Waals surface area contributed by atoms with Crippen LogP contribution in [0.4, 0.5) is 0 Å². The second kappa shape index (κ2) is 4.31. The van der Waals surface area contributed by atoms with Crippen LogP contribution in [-0.4, -0.2) is 23.2 Å². The molecule has 72 valence electrons. The lowest BCUT2D eigenvalue weighted by atomic mass is 10.4. The average molecular weight is 202 g/mol. The van der Waals surface area contributed by atoms with Crippen molar-refractivity contribution in [2.75, 3.05) is 7.11 Å². The summed E-state index contributed by atoms with van der Waals surface area (Å²) in [5, 5.41) is 9.39. The summed E-state index contributed by atoms with van der Waals surface area (Å²) in [6.07, 6.45) is 0. The largest absolute Gasteiger partial charge is 0.477 e. The smallest absolute Gasteiger partial charge is 0.347 e. The Kier molecular flexibility index (Phi) is 3.35. The highest BCUT2D eigenvalue weighted by molar-refractivity contribution is 7.13. The summed E-state index contributed by atoms with van der Waals surface area (Å²) in [6, 6.07) is 0. The molecule has 0 aliphatic rings. The summed E-state index contributed by atoms with van der Waals surface area (Å²) >= 11 is 1.09. The zero-order valence-electron chi connectivity index (χ0n) is 7.11. The van der Waals surface area contributed by atoms with E-state index in [-0.39, 0.29) is 18.0 Å². The van der Waals surface area contributed by atoms with Gasteiger partial charge in [-0.3, -0.25) is 0 Å². The van der Waals surface area contributed by atoms with Gasteiger partial charge in [0.05, 0.1) is 12.3 Å². The summed E-state index contributed by atoms with van der Waals surface area (Å²) in [4.78, 5) is 14.9. The number of ether oxygens (including phenoxy) is 1. The summed E-state index contributed by atoms with van der Waals surface area (Å²) in [7, 11) is 1.49. The Morgan fingerprint density at radius 3 is 2.92 bits per heavy atom. The molecule has 3 N–H and O–H groups in total. The van der Waals surface area contributed by atoms with Crippen molar-refractivity contribution in [3.63, 3.8) is 0 Å². The number of carboxylic acids is 1. The van der Waals surface area contributed by atoms with Crippen molar-refractivity contribution >= 4 is 17.3 Å². The minimum atomic E-state index is -0.982. The van der Waals surface area contributed by atoms with E-state index >= 15 is 0 Å². The molecule has 0 spiro atoms. The standard InChI is InChI=1S/C7H10N2O3S/c1-12-3-4-6(7(10)11)13-5(2-8)9-4/h2-3,8H2,1H3,(H,10,11). The van der Waals surface area contributed by atoms with Gasteiger partial charge in [0.1, 0.15) is 9.88 Å². The molecule has 1 aromatic rings. The molecule has 5 nitrogen and oxygen atoms in total. The Morgan fingerprint density at radius 2 is 2.46 bits per heavy atom. The molecule has 1 rings (SSSR count). The zero-order valence-corrected chi connectivity index (χ0v) is 7.93. The van der Waals surface area contributed by atoms with Crippen molar-refractivity contribution < 1.29 is 14.6 Å². The molecule has 13 heavy (non-hydrogen) atoms. The number of rotatable bonds is 4. The first-order valence-electron chi connectivity index (χ1n) is 3.60. The van der Waals surface area contributed by atoms with Gasteiger partial charge in [0.2, 0.25) is 0 Å². The van der Waals surface area contributed by atoms with Crippen LogP contribution in [0.5, 0.6) is 0 Å². The van der Waals surface area contributed by atoms with Gasteiger partial charge in [-0.25, -0.2) is 9.78 Å². The third-order valence-corrected chi connectivity index (χ3v) is 2.50. The summed E-state index contributed by atoms with van der Waals surface area (Å²) in [5.41, 5.74) is 5.79. The fourth-order valence-corrected chi connectivity index (χ4v) is 1.67. The minimum Gasteiger partial charge on any atom is -0.477 e.